The summed E-state index contributed by atoms with van der Waals surface area (Å²) >= 11 is 1.73. The number of nitrogens with one attached hydrogen (secondary N) is 2. The highest BCUT2D eigenvalue weighted by Crippen LogP contribution is 2.15. The van der Waals surface area contributed by atoms with Crippen molar-refractivity contribution in [2.45, 2.75) is 13.1 Å². The fraction of sp³-hybridized carbons (Fsp3) is 0.294. The van der Waals surface area contributed by atoms with Gasteiger partial charge in [-0.25, -0.2) is 9.98 Å². The highest BCUT2D eigenvalue weighted by atomic mass is 32.1. The van der Waals surface area contributed by atoms with Crippen molar-refractivity contribution in [1.29, 1.82) is 0 Å². The minimum absolute atomic E-state index is 0.568. The molecule has 0 spiro atoms. The van der Waals surface area contributed by atoms with E-state index in [1.54, 1.807) is 17.5 Å². The number of rotatable bonds is 7. The van der Waals surface area contributed by atoms with Crippen molar-refractivity contribution >= 4 is 23.1 Å². The van der Waals surface area contributed by atoms with Gasteiger partial charge in [-0.3, -0.25) is 0 Å². The van der Waals surface area contributed by atoms with Crippen molar-refractivity contribution in [2.24, 2.45) is 4.99 Å². The molecule has 0 fully saturated rings. The number of aliphatic imine (C=N–C) groups is 1. The first kappa shape index (κ1) is 17.0. The number of pyridine rings is 1. The molecule has 0 saturated heterocycles. The number of aromatic nitrogens is 1. The summed E-state index contributed by atoms with van der Waals surface area (Å²) in [4.78, 5) is 12.3. The van der Waals surface area contributed by atoms with Crippen molar-refractivity contribution < 1.29 is 0 Å². The van der Waals surface area contributed by atoms with Crippen LogP contribution in [0.15, 0.2) is 53.5 Å². The van der Waals surface area contributed by atoms with Crippen molar-refractivity contribution in [2.75, 3.05) is 25.5 Å². The van der Waals surface area contributed by atoms with Crippen LogP contribution in [-0.4, -0.2) is 31.6 Å². The normalized spacial score (nSPS) is 11.1. The zero-order valence-electron chi connectivity index (χ0n) is 13.6. The summed E-state index contributed by atoms with van der Waals surface area (Å²) in [5.41, 5.74) is 1.09. The molecule has 0 atom stereocenters. The first-order valence-corrected chi connectivity index (χ1v) is 8.35. The molecular formula is C17H23N5S. The Morgan fingerprint density at radius 2 is 2.22 bits per heavy atom. The van der Waals surface area contributed by atoms with Gasteiger partial charge in [-0.15, -0.1) is 17.9 Å². The number of guanidine groups is 1. The van der Waals surface area contributed by atoms with Gasteiger partial charge in [-0.1, -0.05) is 18.2 Å². The summed E-state index contributed by atoms with van der Waals surface area (Å²) in [6.07, 6.45) is 3.62. The van der Waals surface area contributed by atoms with Crippen LogP contribution in [0.5, 0.6) is 0 Å². The third-order valence-corrected chi connectivity index (χ3v) is 4.00. The maximum absolute atomic E-state index is 4.66. The molecule has 6 heteroatoms. The van der Waals surface area contributed by atoms with Gasteiger partial charge in [0.1, 0.15) is 5.82 Å². The van der Waals surface area contributed by atoms with Gasteiger partial charge in [0.05, 0.1) is 13.1 Å². The summed E-state index contributed by atoms with van der Waals surface area (Å²) in [7, 11) is 3.98. The Morgan fingerprint density at radius 3 is 2.91 bits per heavy atom. The van der Waals surface area contributed by atoms with Crippen molar-refractivity contribution in [3.8, 4) is 0 Å². The molecule has 0 aromatic carbocycles. The molecule has 2 heterocycles. The maximum atomic E-state index is 4.66. The van der Waals surface area contributed by atoms with Crippen molar-refractivity contribution in [3.05, 3.63) is 58.9 Å². The molecule has 0 unspecified atom stereocenters. The Morgan fingerprint density at radius 1 is 1.35 bits per heavy atom. The van der Waals surface area contributed by atoms with Crippen LogP contribution in [0.1, 0.15) is 10.4 Å². The van der Waals surface area contributed by atoms with E-state index < -0.39 is 0 Å². The number of hydrogen-bond acceptors (Lipinski definition) is 4. The molecule has 122 valence electrons. The molecule has 23 heavy (non-hydrogen) atoms. The molecular weight excluding hydrogens is 306 g/mol. The van der Waals surface area contributed by atoms with E-state index in [0.717, 1.165) is 23.9 Å². The summed E-state index contributed by atoms with van der Waals surface area (Å²) in [6.45, 7) is 5.73. The molecule has 2 aromatic heterocycles. The van der Waals surface area contributed by atoms with E-state index in [1.807, 2.05) is 31.1 Å². The SMILES string of the molecule is C=CCNC(=NCc1cccnc1N(C)C)NCc1cccs1. The molecule has 0 aliphatic carbocycles. The Bertz CT molecular complexity index is 634. The van der Waals surface area contributed by atoms with Gasteiger partial charge >= 0.3 is 0 Å². The van der Waals surface area contributed by atoms with E-state index in [2.05, 4.69) is 50.8 Å². The lowest BCUT2D eigenvalue weighted by molar-refractivity contribution is 0.839. The van der Waals surface area contributed by atoms with Gasteiger partial charge in [0.2, 0.25) is 0 Å². The van der Waals surface area contributed by atoms with Gasteiger partial charge < -0.3 is 15.5 Å². The Labute approximate surface area is 141 Å². The van der Waals surface area contributed by atoms with Gasteiger partial charge in [-0.2, -0.15) is 0 Å². The van der Waals surface area contributed by atoms with E-state index in [9.17, 15) is 0 Å². The van der Waals surface area contributed by atoms with E-state index in [0.29, 0.717) is 13.1 Å². The molecule has 0 aliphatic heterocycles. The average Bonchev–Trinajstić information content (AvgIpc) is 3.07. The number of nitrogens with zero attached hydrogens (tertiary/aromatic N) is 3. The van der Waals surface area contributed by atoms with E-state index >= 15 is 0 Å². The van der Waals surface area contributed by atoms with Crippen LogP contribution >= 0.6 is 11.3 Å². The highest BCUT2D eigenvalue weighted by molar-refractivity contribution is 7.09. The third kappa shape index (κ3) is 5.41. The number of hydrogen-bond donors (Lipinski definition) is 2. The Kier molecular flexibility index (Phi) is 6.62. The van der Waals surface area contributed by atoms with Crippen LogP contribution in [0.4, 0.5) is 5.82 Å². The fourth-order valence-corrected chi connectivity index (χ4v) is 2.69. The molecule has 0 amide bonds. The predicted molar refractivity (Wildman–Crippen MR) is 99.1 cm³/mol. The zero-order chi connectivity index (χ0) is 16.5. The summed E-state index contributed by atoms with van der Waals surface area (Å²) < 4.78 is 0. The first-order valence-electron chi connectivity index (χ1n) is 7.47. The van der Waals surface area contributed by atoms with Crippen LogP contribution < -0.4 is 15.5 Å². The molecule has 2 rings (SSSR count). The molecule has 0 bridgehead atoms. The second-order valence-corrected chi connectivity index (χ2v) is 6.18. The molecule has 2 aromatic rings. The first-order chi connectivity index (χ1) is 11.2. The molecule has 0 aliphatic rings. The topological polar surface area (TPSA) is 52.6 Å². The molecule has 0 saturated carbocycles. The lowest BCUT2D eigenvalue weighted by Gasteiger charge is -2.15. The second kappa shape index (κ2) is 8.95. The van der Waals surface area contributed by atoms with Crippen LogP contribution in [-0.2, 0) is 13.1 Å². The van der Waals surface area contributed by atoms with Gasteiger partial charge in [0, 0.05) is 37.3 Å². The predicted octanol–water partition coefficient (Wildman–Crippen LogP) is 2.63. The number of thiophene rings is 1. The lowest BCUT2D eigenvalue weighted by atomic mass is 10.2. The lowest BCUT2D eigenvalue weighted by Crippen LogP contribution is -2.36. The van der Waals surface area contributed by atoms with Gasteiger partial charge in [0.15, 0.2) is 5.96 Å². The zero-order valence-corrected chi connectivity index (χ0v) is 14.4. The average molecular weight is 329 g/mol. The minimum atomic E-state index is 0.568. The quantitative estimate of drug-likeness (QED) is 0.466. The highest BCUT2D eigenvalue weighted by Gasteiger charge is 2.05. The van der Waals surface area contributed by atoms with E-state index in [1.165, 1.54) is 4.88 Å². The van der Waals surface area contributed by atoms with Crippen LogP contribution in [0.2, 0.25) is 0 Å². The summed E-state index contributed by atoms with van der Waals surface area (Å²) in [5.74, 6) is 1.71. The van der Waals surface area contributed by atoms with Gasteiger partial charge in [0.25, 0.3) is 0 Å². The monoisotopic (exact) mass is 329 g/mol. The summed E-state index contributed by atoms with van der Waals surface area (Å²) in [5, 5.41) is 8.66. The second-order valence-electron chi connectivity index (χ2n) is 5.15. The van der Waals surface area contributed by atoms with E-state index in [4.69, 9.17) is 0 Å². The Balaban J connectivity index is 2.05. The molecule has 5 nitrogen and oxygen atoms in total. The van der Waals surface area contributed by atoms with Crippen molar-refractivity contribution in [1.82, 2.24) is 15.6 Å². The maximum Gasteiger partial charge on any atom is 0.192 e. The fourth-order valence-electron chi connectivity index (χ4n) is 2.05. The summed E-state index contributed by atoms with van der Waals surface area (Å²) in [6, 6.07) is 8.15. The van der Waals surface area contributed by atoms with Crippen LogP contribution in [0.3, 0.4) is 0 Å². The number of anilines is 1. The van der Waals surface area contributed by atoms with Crippen molar-refractivity contribution in [3.63, 3.8) is 0 Å². The largest absolute Gasteiger partial charge is 0.362 e. The third-order valence-electron chi connectivity index (χ3n) is 3.12. The molecule has 2 N–H and O–H groups in total. The Hall–Kier alpha value is -2.34. The van der Waals surface area contributed by atoms with Gasteiger partial charge in [-0.05, 0) is 17.5 Å². The molecule has 0 radical (unpaired) electrons. The van der Waals surface area contributed by atoms with E-state index in [-0.39, 0.29) is 0 Å². The standard InChI is InChI=1S/C17H23N5S/c1-4-9-19-17(21-13-15-8-6-11-23-15)20-12-14-7-5-10-18-16(14)22(2)3/h4-8,10-11H,1,9,12-13H2,2-3H3,(H2,19,20,21). The van der Waals surface area contributed by atoms with Crippen LogP contribution in [0, 0.1) is 0 Å². The van der Waals surface area contributed by atoms with Crippen LogP contribution in [0.25, 0.3) is 0 Å². The minimum Gasteiger partial charge on any atom is -0.362 e. The smallest absolute Gasteiger partial charge is 0.192 e.